The lowest BCUT2D eigenvalue weighted by molar-refractivity contribution is 0.577. The lowest BCUT2D eigenvalue weighted by atomic mass is 10.0. The number of nitrogens with one attached hydrogen (secondary N) is 2. The molecular formula is C23H31N3S. The summed E-state index contributed by atoms with van der Waals surface area (Å²) >= 11 is 5.49. The summed E-state index contributed by atoms with van der Waals surface area (Å²) in [6.07, 6.45) is 3.97. The van der Waals surface area contributed by atoms with Crippen molar-refractivity contribution in [3.8, 4) is 0 Å². The van der Waals surface area contributed by atoms with Crippen molar-refractivity contribution in [2.75, 3.05) is 23.3 Å². The number of nitrogens with zero attached hydrogens (tertiary/aromatic N) is 1. The molecule has 27 heavy (non-hydrogen) atoms. The van der Waals surface area contributed by atoms with E-state index in [2.05, 4.69) is 84.8 Å². The van der Waals surface area contributed by atoms with Crippen molar-refractivity contribution in [3.05, 3.63) is 59.7 Å². The summed E-state index contributed by atoms with van der Waals surface area (Å²) < 4.78 is 0. The number of piperidine rings is 1. The molecule has 1 saturated heterocycles. The van der Waals surface area contributed by atoms with Gasteiger partial charge in [0.05, 0.1) is 6.04 Å². The van der Waals surface area contributed by atoms with Gasteiger partial charge in [-0.1, -0.05) is 38.1 Å². The maximum atomic E-state index is 5.49. The maximum absolute atomic E-state index is 5.49. The normalized spacial score (nSPS) is 15.5. The van der Waals surface area contributed by atoms with E-state index < -0.39 is 0 Å². The van der Waals surface area contributed by atoms with Gasteiger partial charge in [0.2, 0.25) is 0 Å². The molecule has 2 N–H and O–H groups in total. The highest BCUT2D eigenvalue weighted by Gasteiger charge is 2.12. The summed E-state index contributed by atoms with van der Waals surface area (Å²) in [4.78, 5) is 2.48. The molecule has 3 nitrogen and oxygen atoms in total. The third kappa shape index (κ3) is 5.46. The summed E-state index contributed by atoms with van der Waals surface area (Å²) in [5, 5.41) is 7.32. The first kappa shape index (κ1) is 19.7. The number of rotatable bonds is 5. The molecule has 1 aliphatic rings. The predicted octanol–water partition coefficient (Wildman–Crippen LogP) is 5.85. The van der Waals surface area contributed by atoms with Crippen molar-refractivity contribution in [2.45, 2.75) is 52.0 Å². The van der Waals surface area contributed by atoms with Gasteiger partial charge in [-0.3, -0.25) is 0 Å². The average Bonchev–Trinajstić information content (AvgIpc) is 2.69. The molecule has 1 heterocycles. The van der Waals surface area contributed by atoms with Crippen LogP contribution in [0.25, 0.3) is 0 Å². The first-order chi connectivity index (χ1) is 13.0. The second kappa shape index (κ2) is 9.23. The highest BCUT2D eigenvalue weighted by atomic mass is 32.1. The third-order valence-corrected chi connectivity index (χ3v) is 5.52. The highest BCUT2D eigenvalue weighted by molar-refractivity contribution is 7.80. The molecule has 0 amide bonds. The van der Waals surface area contributed by atoms with E-state index in [1.54, 1.807) is 0 Å². The van der Waals surface area contributed by atoms with Crippen molar-refractivity contribution in [2.24, 2.45) is 0 Å². The summed E-state index contributed by atoms with van der Waals surface area (Å²) in [5.74, 6) is 0.539. The lowest BCUT2D eigenvalue weighted by Gasteiger charge is -2.29. The molecule has 3 rings (SSSR count). The SMILES string of the molecule is CC(C)c1ccc(NC(=S)NC(C)c2ccc(N3CCCCC3)cc2)cc1. The number of hydrogen-bond donors (Lipinski definition) is 2. The van der Waals surface area contributed by atoms with Crippen molar-refractivity contribution >= 4 is 28.7 Å². The Morgan fingerprint density at radius 1 is 0.852 bits per heavy atom. The first-order valence-electron chi connectivity index (χ1n) is 10.1. The van der Waals surface area contributed by atoms with Crippen LogP contribution in [0.3, 0.4) is 0 Å². The third-order valence-electron chi connectivity index (χ3n) is 5.30. The van der Waals surface area contributed by atoms with Gasteiger partial charge in [-0.25, -0.2) is 0 Å². The number of anilines is 2. The minimum absolute atomic E-state index is 0.162. The number of thiocarbonyl (C=S) groups is 1. The van der Waals surface area contributed by atoms with Crippen molar-refractivity contribution in [3.63, 3.8) is 0 Å². The van der Waals surface area contributed by atoms with Crippen molar-refractivity contribution < 1.29 is 0 Å². The van der Waals surface area contributed by atoms with E-state index in [4.69, 9.17) is 12.2 Å². The van der Waals surface area contributed by atoms with Crippen LogP contribution in [0.4, 0.5) is 11.4 Å². The monoisotopic (exact) mass is 381 g/mol. The van der Waals surface area contributed by atoms with Crippen LogP contribution in [0.1, 0.15) is 63.1 Å². The Morgan fingerprint density at radius 3 is 2.04 bits per heavy atom. The maximum Gasteiger partial charge on any atom is 0.171 e. The van der Waals surface area contributed by atoms with Gasteiger partial charge in [0, 0.05) is 24.5 Å². The minimum atomic E-state index is 0.162. The van der Waals surface area contributed by atoms with Crippen LogP contribution < -0.4 is 15.5 Å². The Kier molecular flexibility index (Phi) is 6.73. The standard InChI is InChI=1S/C23H31N3S/c1-17(2)19-7-11-21(12-8-19)25-23(27)24-18(3)20-9-13-22(14-10-20)26-15-5-4-6-16-26/h7-14,17-18H,4-6,15-16H2,1-3H3,(H2,24,25,27). The Labute approximate surface area is 169 Å². The summed E-state index contributed by atoms with van der Waals surface area (Å²) in [6.45, 7) is 8.90. The van der Waals surface area contributed by atoms with E-state index in [9.17, 15) is 0 Å². The Balaban J connectivity index is 1.54. The fraction of sp³-hybridized carbons (Fsp3) is 0.435. The average molecular weight is 382 g/mol. The fourth-order valence-corrected chi connectivity index (χ4v) is 3.82. The van der Waals surface area contributed by atoms with Crippen molar-refractivity contribution in [1.29, 1.82) is 0 Å². The highest BCUT2D eigenvalue weighted by Crippen LogP contribution is 2.23. The largest absolute Gasteiger partial charge is 0.372 e. The molecule has 0 aliphatic carbocycles. The first-order valence-corrected chi connectivity index (χ1v) is 10.5. The smallest absolute Gasteiger partial charge is 0.171 e. The Morgan fingerprint density at radius 2 is 1.44 bits per heavy atom. The molecule has 4 heteroatoms. The molecule has 0 bridgehead atoms. The fourth-order valence-electron chi connectivity index (χ4n) is 3.52. The zero-order valence-corrected chi connectivity index (χ0v) is 17.5. The van der Waals surface area contributed by atoms with E-state index >= 15 is 0 Å². The molecule has 2 aromatic rings. The van der Waals surface area contributed by atoms with Crippen LogP contribution >= 0.6 is 12.2 Å². The van der Waals surface area contributed by atoms with Crippen LogP contribution in [0.5, 0.6) is 0 Å². The summed E-state index contributed by atoms with van der Waals surface area (Å²) in [5.41, 5.74) is 4.93. The number of hydrogen-bond acceptors (Lipinski definition) is 2. The molecule has 2 aromatic carbocycles. The molecule has 1 atom stereocenters. The van der Waals surface area contributed by atoms with Gasteiger partial charge in [-0.05, 0) is 79.7 Å². The Bertz CT molecular complexity index is 731. The van der Waals surface area contributed by atoms with E-state index in [1.165, 1.54) is 49.2 Å². The quantitative estimate of drug-likeness (QED) is 0.636. The van der Waals surface area contributed by atoms with Gasteiger partial charge in [-0.2, -0.15) is 0 Å². The number of benzene rings is 2. The van der Waals surface area contributed by atoms with Gasteiger partial charge in [0.25, 0.3) is 0 Å². The molecule has 1 fully saturated rings. The summed E-state index contributed by atoms with van der Waals surface area (Å²) in [6, 6.07) is 17.5. The zero-order chi connectivity index (χ0) is 19.2. The summed E-state index contributed by atoms with van der Waals surface area (Å²) in [7, 11) is 0. The van der Waals surface area contributed by atoms with Gasteiger partial charge in [0.15, 0.2) is 5.11 Å². The lowest BCUT2D eigenvalue weighted by Crippen LogP contribution is -2.31. The van der Waals surface area contributed by atoms with Crippen LogP contribution in [0.2, 0.25) is 0 Å². The molecule has 1 aliphatic heterocycles. The van der Waals surface area contributed by atoms with Crippen LogP contribution in [0, 0.1) is 0 Å². The molecule has 144 valence electrons. The molecule has 0 aromatic heterocycles. The topological polar surface area (TPSA) is 27.3 Å². The van der Waals surface area contributed by atoms with Gasteiger partial charge >= 0.3 is 0 Å². The van der Waals surface area contributed by atoms with E-state index in [0.717, 1.165) is 5.69 Å². The van der Waals surface area contributed by atoms with E-state index in [0.29, 0.717) is 11.0 Å². The molecule has 0 spiro atoms. The van der Waals surface area contributed by atoms with Crippen LogP contribution in [-0.2, 0) is 0 Å². The second-order valence-corrected chi connectivity index (χ2v) is 8.14. The molecule has 0 radical (unpaired) electrons. The van der Waals surface area contributed by atoms with Gasteiger partial charge in [-0.15, -0.1) is 0 Å². The van der Waals surface area contributed by atoms with Crippen LogP contribution in [0.15, 0.2) is 48.5 Å². The van der Waals surface area contributed by atoms with E-state index in [-0.39, 0.29) is 6.04 Å². The van der Waals surface area contributed by atoms with Crippen molar-refractivity contribution in [1.82, 2.24) is 5.32 Å². The van der Waals surface area contributed by atoms with E-state index in [1.807, 2.05) is 0 Å². The molecule has 0 saturated carbocycles. The van der Waals surface area contributed by atoms with Gasteiger partial charge < -0.3 is 15.5 Å². The Hall–Kier alpha value is -2.07. The minimum Gasteiger partial charge on any atom is -0.372 e. The molecular weight excluding hydrogens is 350 g/mol. The zero-order valence-electron chi connectivity index (χ0n) is 16.7. The second-order valence-electron chi connectivity index (χ2n) is 7.74. The molecule has 1 unspecified atom stereocenters. The van der Waals surface area contributed by atoms with Crippen LogP contribution in [-0.4, -0.2) is 18.2 Å². The predicted molar refractivity (Wildman–Crippen MR) is 121 cm³/mol. The van der Waals surface area contributed by atoms with Gasteiger partial charge in [0.1, 0.15) is 0 Å².